The Morgan fingerprint density at radius 1 is 1.50 bits per heavy atom. The number of nitrogens with two attached hydrogens (primary N) is 1. The summed E-state index contributed by atoms with van der Waals surface area (Å²) in [5, 5.41) is 0. The van der Waals surface area contributed by atoms with Gasteiger partial charge in [0.05, 0.1) is 0 Å². The Kier molecular flexibility index (Phi) is 4.36. The number of likely N-dealkylation sites (tertiary alicyclic amines) is 1. The second-order valence-corrected chi connectivity index (χ2v) is 6.04. The summed E-state index contributed by atoms with van der Waals surface area (Å²) >= 11 is 0. The third kappa shape index (κ3) is 3.30. The largest absolute Gasteiger partial charge is 0.330 e. The third-order valence-corrected chi connectivity index (χ3v) is 4.17. The van der Waals surface area contributed by atoms with Gasteiger partial charge in [-0.15, -0.1) is 0 Å². The maximum Gasteiger partial charge on any atom is 0.0312 e. The normalized spacial score (nSPS) is 24.1. The van der Waals surface area contributed by atoms with Gasteiger partial charge in [-0.25, -0.2) is 0 Å². The monoisotopic (exact) mass is 247 g/mol. The molecule has 0 bridgehead atoms. The molecule has 1 fully saturated rings. The minimum absolute atomic E-state index is 0.293. The molecule has 1 aromatic rings. The van der Waals surface area contributed by atoms with Crippen molar-refractivity contribution in [3.63, 3.8) is 0 Å². The van der Waals surface area contributed by atoms with Crippen LogP contribution in [0.4, 0.5) is 0 Å². The summed E-state index contributed by atoms with van der Waals surface area (Å²) in [6.45, 7) is 7.68. The van der Waals surface area contributed by atoms with E-state index >= 15 is 0 Å². The number of aromatic nitrogens is 1. The van der Waals surface area contributed by atoms with E-state index in [4.69, 9.17) is 5.73 Å². The average molecular weight is 247 g/mol. The van der Waals surface area contributed by atoms with Gasteiger partial charge in [0.15, 0.2) is 0 Å². The van der Waals surface area contributed by atoms with Crippen LogP contribution < -0.4 is 5.73 Å². The first-order valence-corrected chi connectivity index (χ1v) is 6.96. The Balaban J connectivity index is 2.03. The lowest BCUT2D eigenvalue weighted by Crippen LogP contribution is -2.50. The van der Waals surface area contributed by atoms with Gasteiger partial charge in [-0.05, 0) is 57.2 Å². The molecule has 0 amide bonds. The minimum atomic E-state index is 0.293. The molecule has 0 aliphatic carbocycles. The van der Waals surface area contributed by atoms with Crippen LogP contribution in [0.15, 0.2) is 24.5 Å². The summed E-state index contributed by atoms with van der Waals surface area (Å²) in [7, 11) is 0. The van der Waals surface area contributed by atoms with Crippen LogP contribution in [0.5, 0.6) is 0 Å². The van der Waals surface area contributed by atoms with E-state index in [1.165, 1.54) is 24.9 Å². The number of rotatable bonds is 4. The first-order valence-electron chi connectivity index (χ1n) is 6.96. The number of hydrogen-bond donors (Lipinski definition) is 1. The number of piperidine rings is 1. The van der Waals surface area contributed by atoms with Crippen molar-refractivity contribution in [1.82, 2.24) is 9.88 Å². The topological polar surface area (TPSA) is 42.1 Å². The molecule has 1 aliphatic rings. The van der Waals surface area contributed by atoms with Crippen LogP contribution in [0, 0.1) is 5.92 Å². The molecule has 0 spiro atoms. The quantitative estimate of drug-likeness (QED) is 0.888. The van der Waals surface area contributed by atoms with Crippen LogP contribution in [-0.2, 0) is 6.54 Å². The van der Waals surface area contributed by atoms with Gasteiger partial charge in [0, 0.05) is 31.0 Å². The molecule has 0 radical (unpaired) electrons. The summed E-state index contributed by atoms with van der Waals surface area (Å²) in [4.78, 5) is 6.80. The fraction of sp³-hybridized carbons (Fsp3) is 0.667. The maximum atomic E-state index is 5.70. The highest BCUT2D eigenvalue weighted by atomic mass is 15.2. The van der Waals surface area contributed by atoms with E-state index in [1.54, 1.807) is 0 Å². The van der Waals surface area contributed by atoms with Crippen molar-refractivity contribution in [3.05, 3.63) is 30.1 Å². The number of hydrogen-bond acceptors (Lipinski definition) is 3. The van der Waals surface area contributed by atoms with E-state index in [0.717, 1.165) is 25.4 Å². The van der Waals surface area contributed by atoms with Gasteiger partial charge in [0.1, 0.15) is 0 Å². The molecule has 3 nitrogen and oxygen atoms in total. The Morgan fingerprint density at radius 3 is 3.00 bits per heavy atom. The molecule has 2 N–H and O–H groups in total. The highest BCUT2D eigenvalue weighted by Crippen LogP contribution is 2.32. The van der Waals surface area contributed by atoms with Crippen molar-refractivity contribution < 1.29 is 0 Å². The van der Waals surface area contributed by atoms with Crippen LogP contribution in [0.3, 0.4) is 0 Å². The molecular formula is C15H25N3. The molecule has 2 heterocycles. The van der Waals surface area contributed by atoms with Crippen LogP contribution in [0.25, 0.3) is 0 Å². The molecule has 1 atom stereocenters. The molecule has 0 saturated carbocycles. The molecule has 3 heteroatoms. The van der Waals surface area contributed by atoms with Crippen molar-refractivity contribution in [2.45, 2.75) is 45.2 Å². The smallest absolute Gasteiger partial charge is 0.0312 e. The van der Waals surface area contributed by atoms with E-state index in [-0.39, 0.29) is 0 Å². The Hall–Kier alpha value is -0.930. The van der Waals surface area contributed by atoms with E-state index in [2.05, 4.69) is 29.8 Å². The number of nitrogens with zero attached hydrogens (tertiary/aromatic N) is 2. The zero-order valence-electron chi connectivity index (χ0n) is 11.6. The standard InChI is InChI=1S/C15H25N3/c1-15(2)7-5-13(6-8-16)11-18(15)12-14-4-3-9-17-10-14/h3-4,9-10,13H,5-8,11-12,16H2,1-2H3. The predicted molar refractivity (Wildman–Crippen MR) is 75.1 cm³/mol. The van der Waals surface area contributed by atoms with E-state index in [0.29, 0.717) is 5.54 Å². The minimum Gasteiger partial charge on any atom is -0.330 e. The van der Waals surface area contributed by atoms with Crippen LogP contribution in [0.1, 0.15) is 38.7 Å². The van der Waals surface area contributed by atoms with Gasteiger partial charge in [-0.3, -0.25) is 9.88 Å². The second-order valence-electron chi connectivity index (χ2n) is 6.04. The fourth-order valence-electron chi connectivity index (χ4n) is 2.83. The zero-order chi connectivity index (χ0) is 13.0. The molecule has 18 heavy (non-hydrogen) atoms. The van der Waals surface area contributed by atoms with Crippen molar-refractivity contribution >= 4 is 0 Å². The summed E-state index contributed by atoms with van der Waals surface area (Å²) in [6.07, 6.45) is 7.54. The maximum absolute atomic E-state index is 5.70. The zero-order valence-corrected chi connectivity index (χ0v) is 11.6. The van der Waals surface area contributed by atoms with Gasteiger partial charge >= 0.3 is 0 Å². The van der Waals surface area contributed by atoms with Gasteiger partial charge in [-0.1, -0.05) is 6.07 Å². The van der Waals surface area contributed by atoms with Crippen molar-refractivity contribution in [2.75, 3.05) is 13.1 Å². The van der Waals surface area contributed by atoms with Gasteiger partial charge in [-0.2, -0.15) is 0 Å². The Morgan fingerprint density at radius 2 is 2.33 bits per heavy atom. The van der Waals surface area contributed by atoms with Crippen LogP contribution >= 0.6 is 0 Å². The lowest BCUT2D eigenvalue weighted by atomic mass is 9.83. The highest BCUT2D eigenvalue weighted by Gasteiger charge is 2.33. The highest BCUT2D eigenvalue weighted by molar-refractivity contribution is 5.09. The summed E-state index contributed by atoms with van der Waals surface area (Å²) in [5.74, 6) is 0.764. The predicted octanol–water partition coefficient (Wildman–Crippen LogP) is 2.42. The summed E-state index contributed by atoms with van der Waals surface area (Å²) in [6, 6.07) is 4.18. The molecule has 1 saturated heterocycles. The molecule has 1 aliphatic heterocycles. The lowest BCUT2D eigenvalue weighted by molar-refractivity contribution is 0.0361. The summed E-state index contributed by atoms with van der Waals surface area (Å²) in [5.41, 5.74) is 7.29. The van der Waals surface area contributed by atoms with Crippen LogP contribution in [-0.4, -0.2) is 28.5 Å². The fourth-order valence-corrected chi connectivity index (χ4v) is 2.83. The summed E-state index contributed by atoms with van der Waals surface area (Å²) < 4.78 is 0. The van der Waals surface area contributed by atoms with Crippen molar-refractivity contribution in [2.24, 2.45) is 11.7 Å². The third-order valence-electron chi connectivity index (χ3n) is 4.17. The van der Waals surface area contributed by atoms with E-state index in [1.807, 2.05) is 18.5 Å². The van der Waals surface area contributed by atoms with Crippen LogP contribution in [0.2, 0.25) is 0 Å². The molecule has 1 unspecified atom stereocenters. The van der Waals surface area contributed by atoms with Gasteiger partial charge < -0.3 is 5.73 Å². The van der Waals surface area contributed by atoms with Crippen molar-refractivity contribution in [1.29, 1.82) is 0 Å². The van der Waals surface area contributed by atoms with E-state index < -0.39 is 0 Å². The first kappa shape index (κ1) is 13.5. The second kappa shape index (κ2) is 5.81. The lowest BCUT2D eigenvalue weighted by Gasteiger charge is -2.45. The Bertz CT molecular complexity index is 361. The molecular weight excluding hydrogens is 222 g/mol. The SMILES string of the molecule is CC1(C)CCC(CCN)CN1Cc1cccnc1. The van der Waals surface area contributed by atoms with E-state index in [9.17, 15) is 0 Å². The van der Waals surface area contributed by atoms with Crippen molar-refractivity contribution in [3.8, 4) is 0 Å². The first-order chi connectivity index (χ1) is 8.62. The molecule has 2 rings (SSSR count). The Labute approximate surface area is 110 Å². The molecule has 100 valence electrons. The molecule has 0 aromatic carbocycles. The number of pyridine rings is 1. The van der Waals surface area contributed by atoms with Gasteiger partial charge in [0.2, 0.25) is 0 Å². The average Bonchev–Trinajstić information content (AvgIpc) is 2.35. The molecule has 1 aromatic heterocycles. The van der Waals surface area contributed by atoms with Gasteiger partial charge in [0.25, 0.3) is 0 Å².